The molecular weight excluding hydrogens is 318 g/mol. The Bertz CT molecular complexity index is 526. The highest BCUT2D eigenvalue weighted by Crippen LogP contribution is 2.20. The van der Waals surface area contributed by atoms with Crippen LogP contribution in [0.4, 0.5) is 0 Å². The summed E-state index contributed by atoms with van der Waals surface area (Å²) in [5, 5.41) is 12.0. The second kappa shape index (κ2) is 10.9. The second-order valence-electron chi connectivity index (χ2n) is 6.83. The zero-order valence-electron chi connectivity index (χ0n) is 14.8. The second-order valence-corrected chi connectivity index (χ2v) is 6.83. The Morgan fingerprint density at radius 2 is 1.88 bits per heavy atom. The lowest BCUT2D eigenvalue weighted by Gasteiger charge is -2.22. The van der Waals surface area contributed by atoms with Crippen molar-refractivity contribution in [2.45, 2.75) is 57.4 Å². The number of carboxylic acids is 1. The standard InChI is InChI=1S/C20H29NO4/c22-19(8-4-7-16-11-13-25-14-12-16)21-18(9-10-20(23)24)15-17-5-2-1-3-6-17/h1-3,5-6,16,18H,4,7-15H2,(H,21,22)(H,23,24). The summed E-state index contributed by atoms with van der Waals surface area (Å²) in [5.74, 6) is -0.126. The quantitative estimate of drug-likeness (QED) is 0.682. The summed E-state index contributed by atoms with van der Waals surface area (Å²) in [4.78, 5) is 23.1. The van der Waals surface area contributed by atoms with Gasteiger partial charge in [-0.1, -0.05) is 30.3 Å². The van der Waals surface area contributed by atoms with Crippen molar-refractivity contribution in [3.63, 3.8) is 0 Å². The normalized spacial score (nSPS) is 16.3. The first kappa shape index (κ1) is 19.4. The van der Waals surface area contributed by atoms with Gasteiger partial charge in [0.15, 0.2) is 0 Å². The molecule has 0 bridgehead atoms. The predicted octanol–water partition coefficient (Wildman–Crippen LogP) is 3.18. The van der Waals surface area contributed by atoms with E-state index in [0.717, 1.165) is 44.5 Å². The minimum Gasteiger partial charge on any atom is -0.481 e. The molecule has 138 valence electrons. The van der Waals surface area contributed by atoms with Crippen LogP contribution in [0, 0.1) is 5.92 Å². The van der Waals surface area contributed by atoms with E-state index in [0.29, 0.717) is 25.2 Å². The number of carbonyl (C=O) groups excluding carboxylic acids is 1. The summed E-state index contributed by atoms with van der Waals surface area (Å²) >= 11 is 0. The lowest BCUT2D eigenvalue weighted by molar-refractivity contribution is -0.137. The number of hydrogen-bond acceptors (Lipinski definition) is 3. The van der Waals surface area contributed by atoms with E-state index in [2.05, 4.69) is 5.32 Å². The van der Waals surface area contributed by atoms with Crippen LogP contribution in [0.15, 0.2) is 30.3 Å². The fraction of sp³-hybridized carbons (Fsp3) is 0.600. The molecule has 5 nitrogen and oxygen atoms in total. The van der Waals surface area contributed by atoms with E-state index in [4.69, 9.17) is 9.84 Å². The first-order valence-electron chi connectivity index (χ1n) is 9.26. The first-order chi connectivity index (χ1) is 12.1. The molecule has 1 saturated heterocycles. The molecule has 1 aromatic carbocycles. The van der Waals surface area contributed by atoms with Crippen LogP contribution in [-0.2, 0) is 20.7 Å². The monoisotopic (exact) mass is 347 g/mol. The van der Waals surface area contributed by atoms with Gasteiger partial charge in [0, 0.05) is 32.1 Å². The molecule has 0 aliphatic carbocycles. The van der Waals surface area contributed by atoms with E-state index in [1.165, 1.54) is 0 Å². The summed E-state index contributed by atoms with van der Waals surface area (Å²) < 4.78 is 5.36. The van der Waals surface area contributed by atoms with Crippen LogP contribution in [-0.4, -0.2) is 36.2 Å². The molecule has 1 aliphatic rings. The van der Waals surface area contributed by atoms with E-state index < -0.39 is 5.97 Å². The van der Waals surface area contributed by atoms with Crippen molar-refractivity contribution in [3.05, 3.63) is 35.9 Å². The van der Waals surface area contributed by atoms with Crippen LogP contribution in [0.2, 0.25) is 0 Å². The van der Waals surface area contributed by atoms with Gasteiger partial charge in [0.2, 0.25) is 5.91 Å². The molecule has 1 heterocycles. The molecule has 1 aliphatic heterocycles. The highest BCUT2D eigenvalue weighted by Gasteiger charge is 2.17. The Morgan fingerprint density at radius 3 is 2.56 bits per heavy atom. The lowest BCUT2D eigenvalue weighted by atomic mass is 9.94. The minimum absolute atomic E-state index is 0.0263. The summed E-state index contributed by atoms with van der Waals surface area (Å²) in [5.41, 5.74) is 1.11. The third kappa shape index (κ3) is 8.16. The number of carbonyl (C=O) groups is 2. The molecule has 0 radical (unpaired) electrons. The van der Waals surface area contributed by atoms with E-state index >= 15 is 0 Å². The zero-order chi connectivity index (χ0) is 17.9. The van der Waals surface area contributed by atoms with Crippen molar-refractivity contribution in [2.24, 2.45) is 5.92 Å². The molecule has 1 amide bonds. The van der Waals surface area contributed by atoms with Crippen molar-refractivity contribution in [1.29, 1.82) is 0 Å². The minimum atomic E-state index is -0.827. The SMILES string of the molecule is O=C(O)CCC(Cc1ccccc1)NC(=O)CCCC1CCOCC1. The van der Waals surface area contributed by atoms with Gasteiger partial charge in [-0.2, -0.15) is 0 Å². The predicted molar refractivity (Wildman–Crippen MR) is 96.3 cm³/mol. The molecule has 1 atom stereocenters. The molecule has 0 aromatic heterocycles. The number of benzene rings is 1. The molecular formula is C20H29NO4. The van der Waals surface area contributed by atoms with Crippen LogP contribution >= 0.6 is 0 Å². The van der Waals surface area contributed by atoms with Crippen molar-refractivity contribution in [1.82, 2.24) is 5.32 Å². The van der Waals surface area contributed by atoms with E-state index in [1.807, 2.05) is 30.3 Å². The fourth-order valence-electron chi connectivity index (χ4n) is 3.31. The first-order valence-corrected chi connectivity index (χ1v) is 9.26. The molecule has 1 unspecified atom stereocenters. The zero-order valence-corrected chi connectivity index (χ0v) is 14.8. The Morgan fingerprint density at radius 1 is 1.16 bits per heavy atom. The average molecular weight is 347 g/mol. The number of ether oxygens (including phenoxy) is 1. The molecule has 2 rings (SSSR count). The molecule has 5 heteroatoms. The average Bonchev–Trinajstić information content (AvgIpc) is 2.61. The van der Waals surface area contributed by atoms with Crippen LogP contribution in [0.1, 0.15) is 50.5 Å². The van der Waals surface area contributed by atoms with Crippen LogP contribution < -0.4 is 5.32 Å². The topological polar surface area (TPSA) is 75.6 Å². The number of amides is 1. The molecule has 2 N–H and O–H groups in total. The number of carboxylic acid groups (broad SMARTS) is 1. The smallest absolute Gasteiger partial charge is 0.303 e. The molecule has 25 heavy (non-hydrogen) atoms. The van der Waals surface area contributed by atoms with Gasteiger partial charge in [-0.25, -0.2) is 0 Å². The van der Waals surface area contributed by atoms with Crippen molar-refractivity contribution in [3.8, 4) is 0 Å². The maximum atomic E-state index is 12.2. The van der Waals surface area contributed by atoms with E-state index in [9.17, 15) is 9.59 Å². The van der Waals surface area contributed by atoms with Gasteiger partial charge in [0.25, 0.3) is 0 Å². The number of hydrogen-bond donors (Lipinski definition) is 2. The largest absolute Gasteiger partial charge is 0.481 e. The third-order valence-corrected chi connectivity index (χ3v) is 4.75. The summed E-state index contributed by atoms with van der Waals surface area (Å²) in [6.45, 7) is 1.68. The summed E-state index contributed by atoms with van der Waals surface area (Å²) in [6.07, 6.45) is 5.84. The van der Waals surface area contributed by atoms with Gasteiger partial charge in [0.05, 0.1) is 0 Å². The number of nitrogens with one attached hydrogen (secondary N) is 1. The Labute approximate surface area is 149 Å². The van der Waals surface area contributed by atoms with E-state index in [1.54, 1.807) is 0 Å². The van der Waals surface area contributed by atoms with Gasteiger partial charge >= 0.3 is 5.97 Å². The number of aliphatic carboxylic acids is 1. The highest BCUT2D eigenvalue weighted by molar-refractivity contribution is 5.76. The van der Waals surface area contributed by atoms with Crippen molar-refractivity contribution < 1.29 is 19.4 Å². The number of rotatable bonds is 10. The molecule has 0 spiro atoms. The molecule has 1 fully saturated rings. The maximum Gasteiger partial charge on any atom is 0.303 e. The molecule has 0 saturated carbocycles. The maximum absolute atomic E-state index is 12.2. The molecule has 1 aromatic rings. The fourth-order valence-corrected chi connectivity index (χ4v) is 3.31. The summed E-state index contributed by atoms with van der Waals surface area (Å²) in [7, 11) is 0. The third-order valence-electron chi connectivity index (χ3n) is 4.75. The van der Waals surface area contributed by atoms with Gasteiger partial charge in [-0.15, -0.1) is 0 Å². The van der Waals surface area contributed by atoms with Crippen molar-refractivity contribution >= 4 is 11.9 Å². The van der Waals surface area contributed by atoms with Crippen LogP contribution in [0.3, 0.4) is 0 Å². The van der Waals surface area contributed by atoms with Crippen molar-refractivity contribution in [2.75, 3.05) is 13.2 Å². The summed E-state index contributed by atoms with van der Waals surface area (Å²) in [6, 6.07) is 9.74. The van der Waals surface area contributed by atoms with Gasteiger partial charge in [-0.05, 0) is 50.0 Å². The van der Waals surface area contributed by atoms with Gasteiger partial charge in [0.1, 0.15) is 0 Å². The highest BCUT2D eigenvalue weighted by atomic mass is 16.5. The van der Waals surface area contributed by atoms with Crippen LogP contribution in [0.5, 0.6) is 0 Å². The van der Waals surface area contributed by atoms with E-state index in [-0.39, 0.29) is 18.4 Å². The Hall–Kier alpha value is -1.88. The van der Waals surface area contributed by atoms with Crippen LogP contribution in [0.25, 0.3) is 0 Å². The Kier molecular flexibility index (Phi) is 8.46. The lowest BCUT2D eigenvalue weighted by Crippen LogP contribution is -2.36. The van der Waals surface area contributed by atoms with Gasteiger partial charge in [-0.3, -0.25) is 9.59 Å². The van der Waals surface area contributed by atoms with Gasteiger partial charge < -0.3 is 15.2 Å². The Balaban J connectivity index is 1.75.